The van der Waals surface area contributed by atoms with Crippen molar-refractivity contribution in [2.45, 2.75) is 110 Å². The van der Waals surface area contributed by atoms with Crippen LogP contribution in [0.15, 0.2) is 0 Å². The van der Waals surface area contributed by atoms with E-state index in [0.29, 0.717) is 0 Å². The molecule has 22 heavy (non-hydrogen) atoms. The first-order valence-electron chi connectivity index (χ1n) is 8.92. The van der Waals surface area contributed by atoms with Crippen molar-refractivity contribution in [3.05, 3.63) is 0 Å². The van der Waals surface area contributed by atoms with Gasteiger partial charge in [0.2, 0.25) is 0 Å². The molecule has 0 aliphatic heterocycles. The number of hydrogen-bond acceptors (Lipinski definition) is 2. The number of quaternary nitrogens is 1. The molecule has 1 atom stereocenters. The van der Waals surface area contributed by atoms with Crippen molar-refractivity contribution in [1.82, 2.24) is 0 Å². The van der Waals surface area contributed by atoms with Gasteiger partial charge in [0, 0.05) is 6.42 Å². The van der Waals surface area contributed by atoms with Gasteiger partial charge in [0.25, 0.3) is 0 Å². The highest BCUT2D eigenvalue weighted by atomic mass is 35.5. The van der Waals surface area contributed by atoms with Gasteiger partial charge in [-0.1, -0.05) is 64.7 Å². The molecule has 0 aliphatic rings. The third-order valence-corrected chi connectivity index (χ3v) is 3.65. The maximum absolute atomic E-state index is 11.8. The molecular weight excluding hydrogens is 298 g/mol. The molecule has 0 saturated carbocycles. The Morgan fingerprint density at radius 2 is 1.32 bits per heavy atom. The molecule has 0 fully saturated rings. The molecule has 134 valence electrons. The van der Waals surface area contributed by atoms with Gasteiger partial charge in [0.1, 0.15) is 5.60 Å². The van der Waals surface area contributed by atoms with Gasteiger partial charge < -0.3 is 22.9 Å². The number of esters is 1. The summed E-state index contributed by atoms with van der Waals surface area (Å²) in [5.74, 6) is -0.154. The van der Waals surface area contributed by atoms with Crippen LogP contribution in [-0.2, 0) is 9.53 Å². The first-order chi connectivity index (χ1) is 9.87. The monoisotopic (exact) mass is 335 g/mol. The smallest absolute Gasteiger partial charge is 0.365 e. The molecule has 0 heterocycles. The van der Waals surface area contributed by atoms with E-state index in [1.807, 2.05) is 20.8 Å². The molecule has 0 bridgehead atoms. The Labute approximate surface area is 144 Å². The van der Waals surface area contributed by atoms with Gasteiger partial charge in [-0.05, 0) is 27.2 Å². The van der Waals surface area contributed by atoms with Gasteiger partial charge in [-0.3, -0.25) is 0 Å². The van der Waals surface area contributed by atoms with E-state index in [0.717, 1.165) is 12.8 Å². The Morgan fingerprint density at radius 1 is 0.909 bits per heavy atom. The number of hydrogen-bond donors (Lipinski definition) is 1. The molecule has 3 N–H and O–H groups in total. The highest BCUT2D eigenvalue weighted by Gasteiger charge is 2.24. The molecule has 3 nitrogen and oxygen atoms in total. The third kappa shape index (κ3) is 16.1. The SMILES string of the molecule is CCCCCCCCCCCC[C@H]([NH3+])C(=O)OC(C)(C)C.[Cl-]. The Hall–Kier alpha value is -0.280. The molecule has 0 radical (unpaired) electrons. The summed E-state index contributed by atoms with van der Waals surface area (Å²) in [4.78, 5) is 11.8. The van der Waals surface area contributed by atoms with Crippen LogP contribution in [0, 0.1) is 0 Å². The van der Waals surface area contributed by atoms with Crippen molar-refractivity contribution in [2.24, 2.45) is 0 Å². The Bertz CT molecular complexity index is 264. The lowest BCUT2D eigenvalue weighted by Crippen LogP contribution is -3.00. The maximum atomic E-state index is 11.8. The number of ether oxygens (including phenoxy) is 1. The molecule has 0 aromatic carbocycles. The zero-order valence-corrected chi connectivity index (χ0v) is 16.0. The lowest BCUT2D eigenvalue weighted by atomic mass is 10.0. The van der Waals surface area contributed by atoms with Crippen LogP contribution in [-0.4, -0.2) is 17.6 Å². The maximum Gasteiger partial charge on any atom is 0.365 e. The second kappa shape index (κ2) is 14.3. The van der Waals surface area contributed by atoms with Gasteiger partial charge in [-0.25, -0.2) is 4.79 Å². The van der Waals surface area contributed by atoms with Crippen LogP contribution in [0.5, 0.6) is 0 Å². The third-order valence-electron chi connectivity index (χ3n) is 3.65. The number of halogens is 1. The van der Waals surface area contributed by atoms with E-state index in [2.05, 4.69) is 12.7 Å². The molecule has 0 unspecified atom stereocenters. The minimum Gasteiger partial charge on any atom is -1.00 e. The fourth-order valence-corrected chi connectivity index (χ4v) is 2.38. The Morgan fingerprint density at radius 3 is 1.73 bits per heavy atom. The van der Waals surface area contributed by atoms with Crippen LogP contribution in [0.3, 0.4) is 0 Å². The number of carbonyl (C=O) groups is 1. The summed E-state index contributed by atoms with van der Waals surface area (Å²) in [6.07, 6.45) is 14.0. The number of carbonyl (C=O) groups excluding carboxylic acids is 1. The van der Waals surface area contributed by atoms with Crippen LogP contribution < -0.4 is 18.1 Å². The van der Waals surface area contributed by atoms with E-state index in [4.69, 9.17) is 4.74 Å². The van der Waals surface area contributed by atoms with E-state index in [1.54, 1.807) is 0 Å². The highest BCUT2D eigenvalue weighted by Crippen LogP contribution is 2.13. The summed E-state index contributed by atoms with van der Waals surface area (Å²) in [6.45, 7) is 7.96. The van der Waals surface area contributed by atoms with Crippen molar-refractivity contribution in [1.29, 1.82) is 0 Å². The van der Waals surface area contributed by atoms with Crippen LogP contribution in [0.1, 0.15) is 98.3 Å². The number of rotatable bonds is 12. The first-order valence-corrected chi connectivity index (χ1v) is 8.92. The van der Waals surface area contributed by atoms with Gasteiger partial charge in [-0.2, -0.15) is 0 Å². The van der Waals surface area contributed by atoms with Gasteiger partial charge in [0.05, 0.1) is 0 Å². The topological polar surface area (TPSA) is 53.9 Å². The Kier molecular flexibility index (Phi) is 15.6. The second-order valence-electron chi connectivity index (χ2n) is 7.20. The molecular formula is C18H38ClNO2. The normalized spacial score (nSPS) is 12.6. The van der Waals surface area contributed by atoms with Crippen molar-refractivity contribution >= 4 is 5.97 Å². The van der Waals surface area contributed by atoms with E-state index in [1.165, 1.54) is 57.8 Å². The average Bonchev–Trinajstić information content (AvgIpc) is 2.38. The molecule has 0 aromatic heterocycles. The predicted molar refractivity (Wildman–Crippen MR) is 89.0 cm³/mol. The van der Waals surface area contributed by atoms with Gasteiger partial charge in [0.15, 0.2) is 6.04 Å². The highest BCUT2D eigenvalue weighted by molar-refractivity contribution is 5.74. The first kappa shape index (κ1) is 24.0. The zero-order chi connectivity index (χ0) is 16.1. The molecule has 0 aliphatic carbocycles. The summed E-state index contributed by atoms with van der Waals surface area (Å²) >= 11 is 0. The van der Waals surface area contributed by atoms with E-state index >= 15 is 0 Å². The molecule has 0 aromatic rings. The van der Waals surface area contributed by atoms with Crippen molar-refractivity contribution in [3.8, 4) is 0 Å². The fourth-order valence-electron chi connectivity index (χ4n) is 2.38. The van der Waals surface area contributed by atoms with Crippen LogP contribution >= 0.6 is 0 Å². The van der Waals surface area contributed by atoms with Crippen LogP contribution in [0.25, 0.3) is 0 Å². The lowest BCUT2D eigenvalue weighted by Gasteiger charge is -2.20. The minimum absolute atomic E-state index is 0. The second-order valence-corrected chi connectivity index (χ2v) is 7.20. The molecule has 0 spiro atoms. The quantitative estimate of drug-likeness (QED) is 0.431. The predicted octanol–water partition coefficient (Wildman–Crippen LogP) is 1.25. The molecule has 0 amide bonds. The Balaban J connectivity index is 0. The van der Waals surface area contributed by atoms with E-state index < -0.39 is 5.60 Å². The van der Waals surface area contributed by atoms with Gasteiger partial charge in [-0.15, -0.1) is 0 Å². The van der Waals surface area contributed by atoms with Crippen molar-refractivity contribution in [2.75, 3.05) is 0 Å². The molecule has 4 heteroatoms. The summed E-state index contributed by atoms with van der Waals surface area (Å²) in [5, 5.41) is 0. The summed E-state index contributed by atoms with van der Waals surface area (Å²) in [7, 11) is 0. The summed E-state index contributed by atoms with van der Waals surface area (Å²) in [5.41, 5.74) is 3.53. The largest absolute Gasteiger partial charge is 1.00 e. The van der Waals surface area contributed by atoms with Crippen molar-refractivity contribution in [3.63, 3.8) is 0 Å². The van der Waals surface area contributed by atoms with E-state index in [9.17, 15) is 4.79 Å². The lowest BCUT2D eigenvalue weighted by molar-refractivity contribution is -0.411. The average molecular weight is 336 g/mol. The van der Waals surface area contributed by atoms with Gasteiger partial charge >= 0.3 is 5.97 Å². The number of unbranched alkanes of at least 4 members (excludes halogenated alkanes) is 9. The fraction of sp³-hybridized carbons (Fsp3) is 0.944. The van der Waals surface area contributed by atoms with E-state index in [-0.39, 0.29) is 24.4 Å². The molecule has 0 rings (SSSR count). The zero-order valence-electron chi connectivity index (χ0n) is 15.3. The summed E-state index contributed by atoms with van der Waals surface area (Å²) in [6, 6.07) is -0.210. The minimum atomic E-state index is -0.398. The van der Waals surface area contributed by atoms with Crippen LogP contribution in [0.2, 0.25) is 0 Å². The summed E-state index contributed by atoms with van der Waals surface area (Å²) < 4.78 is 5.34. The van der Waals surface area contributed by atoms with Crippen LogP contribution in [0.4, 0.5) is 0 Å². The molecule has 0 saturated heterocycles. The standard InChI is InChI=1S/C18H37NO2.ClH/c1-5-6-7-8-9-10-11-12-13-14-15-16(19)17(20)21-18(2,3)4;/h16H,5-15,19H2,1-4H3;1H/t16-;/m0./s1. The van der Waals surface area contributed by atoms with Crippen molar-refractivity contribution < 1.29 is 27.7 Å².